The molecule has 6 nitrogen and oxygen atoms in total. The van der Waals surface area contributed by atoms with E-state index >= 15 is 0 Å². The molecule has 0 bridgehead atoms. The highest BCUT2D eigenvalue weighted by Gasteiger charge is 2.05. The number of rotatable bonds is 11. The lowest BCUT2D eigenvalue weighted by atomic mass is 10.1. The zero-order chi connectivity index (χ0) is 18.5. The number of hydrogen-bond acceptors (Lipinski definition) is 4. The first-order chi connectivity index (χ1) is 11.9. The molecule has 7 heteroatoms. The van der Waals surface area contributed by atoms with E-state index in [4.69, 9.17) is 4.74 Å². The number of nitrogens with one attached hydrogen (secondary N) is 2. The predicted molar refractivity (Wildman–Crippen MR) is 104 cm³/mol. The van der Waals surface area contributed by atoms with E-state index in [0.717, 1.165) is 19.5 Å². The molecule has 0 aliphatic carbocycles. The van der Waals surface area contributed by atoms with E-state index in [-0.39, 0.29) is 11.9 Å². The molecule has 0 saturated heterocycles. The Labute approximate surface area is 152 Å². The Morgan fingerprint density at radius 3 is 2.56 bits per heavy atom. The second-order valence-corrected chi connectivity index (χ2v) is 8.21. The van der Waals surface area contributed by atoms with Gasteiger partial charge in [0.2, 0.25) is 0 Å². The first-order valence-corrected chi connectivity index (χ1v) is 10.8. The van der Waals surface area contributed by atoms with E-state index in [0.29, 0.717) is 25.5 Å². The van der Waals surface area contributed by atoms with Crippen molar-refractivity contribution in [2.24, 2.45) is 4.99 Å². The Hall–Kier alpha value is -1.60. The molecule has 0 radical (unpaired) electrons. The number of benzene rings is 1. The van der Waals surface area contributed by atoms with Crippen LogP contribution in [-0.2, 0) is 14.6 Å². The number of sulfone groups is 1. The summed E-state index contributed by atoms with van der Waals surface area (Å²) >= 11 is 0. The van der Waals surface area contributed by atoms with E-state index in [2.05, 4.69) is 34.7 Å². The molecule has 0 aliphatic heterocycles. The van der Waals surface area contributed by atoms with Crippen molar-refractivity contribution in [2.45, 2.75) is 32.8 Å². The molecule has 1 aromatic carbocycles. The molecule has 0 heterocycles. The van der Waals surface area contributed by atoms with Gasteiger partial charge in [-0.2, -0.15) is 0 Å². The van der Waals surface area contributed by atoms with Crippen molar-refractivity contribution in [1.82, 2.24) is 10.6 Å². The lowest BCUT2D eigenvalue weighted by Gasteiger charge is -2.14. The SMILES string of the molecule is CCNC(=NCCCS(C)(=O)=O)NCCCOC(C)c1ccccc1. The molecule has 0 fully saturated rings. The van der Waals surface area contributed by atoms with Crippen molar-refractivity contribution in [1.29, 1.82) is 0 Å². The van der Waals surface area contributed by atoms with Crippen LogP contribution in [0.1, 0.15) is 38.4 Å². The lowest BCUT2D eigenvalue weighted by molar-refractivity contribution is 0.0646. The molecule has 1 aromatic rings. The molecule has 0 spiro atoms. The molecule has 1 unspecified atom stereocenters. The van der Waals surface area contributed by atoms with Gasteiger partial charge in [0.05, 0.1) is 11.9 Å². The maximum atomic E-state index is 11.1. The van der Waals surface area contributed by atoms with E-state index in [9.17, 15) is 8.42 Å². The van der Waals surface area contributed by atoms with Gasteiger partial charge in [-0.1, -0.05) is 30.3 Å². The minimum absolute atomic E-state index is 0.0825. The minimum Gasteiger partial charge on any atom is -0.374 e. The van der Waals surface area contributed by atoms with Gasteiger partial charge in [0.25, 0.3) is 0 Å². The van der Waals surface area contributed by atoms with E-state index < -0.39 is 9.84 Å². The van der Waals surface area contributed by atoms with Gasteiger partial charge in [0.15, 0.2) is 5.96 Å². The van der Waals surface area contributed by atoms with Crippen molar-refractivity contribution in [3.8, 4) is 0 Å². The smallest absolute Gasteiger partial charge is 0.191 e. The fourth-order valence-corrected chi connectivity index (χ4v) is 2.87. The first kappa shape index (κ1) is 21.4. The second-order valence-electron chi connectivity index (χ2n) is 5.95. The summed E-state index contributed by atoms with van der Waals surface area (Å²) in [5.41, 5.74) is 1.18. The normalized spacial score (nSPS) is 13.5. The Morgan fingerprint density at radius 2 is 1.92 bits per heavy atom. The largest absolute Gasteiger partial charge is 0.374 e. The molecule has 1 atom stereocenters. The van der Waals surface area contributed by atoms with Crippen LogP contribution in [0.2, 0.25) is 0 Å². The number of hydrogen-bond donors (Lipinski definition) is 2. The van der Waals surface area contributed by atoms with Crippen LogP contribution in [0.4, 0.5) is 0 Å². The highest BCUT2D eigenvalue weighted by atomic mass is 32.2. The van der Waals surface area contributed by atoms with Crippen LogP contribution in [0.5, 0.6) is 0 Å². The van der Waals surface area contributed by atoms with Gasteiger partial charge < -0.3 is 15.4 Å². The highest BCUT2D eigenvalue weighted by molar-refractivity contribution is 7.90. The summed E-state index contributed by atoms with van der Waals surface area (Å²) in [6.07, 6.45) is 2.73. The lowest BCUT2D eigenvalue weighted by Crippen LogP contribution is -2.38. The number of ether oxygens (including phenoxy) is 1. The fourth-order valence-electron chi connectivity index (χ4n) is 2.22. The third-order valence-electron chi connectivity index (χ3n) is 3.54. The van der Waals surface area contributed by atoms with Crippen molar-refractivity contribution in [2.75, 3.05) is 38.2 Å². The highest BCUT2D eigenvalue weighted by Crippen LogP contribution is 2.15. The molecule has 0 saturated carbocycles. The molecule has 0 aliphatic rings. The number of aliphatic imine (C=N–C) groups is 1. The van der Waals surface area contributed by atoms with Crippen LogP contribution in [0.15, 0.2) is 35.3 Å². The van der Waals surface area contributed by atoms with Crippen LogP contribution in [-0.4, -0.2) is 52.6 Å². The molecule has 25 heavy (non-hydrogen) atoms. The topological polar surface area (TPSA) is 79.8 Å². The van der Waals surface area contributed by atoms with Gasteiger partial charge in [0, 0.05) is 32.5 Å². The minimum atomic E-state index is -2.92. The second kappa shape index (κ2) is 11.9. The molecule has 2 N–H and O–H groups in total. The molecular weight excluding hydrogens is 338 g/mol. The van der Waals surface area contributed by atoms with Crippen LogP contribution < -0.4 is 10.6 Å². The Balaban J connectivity index is 2.23. The zero-order valence-corrected chi connectivity index (χ0v) is 16.3. The molecular formula is C18H31N3O3S. The standard InChI is InChI=1S/C18H31N3O3S/c1-4-19-18(21-13-9-15-25(3,22)23)20-12-8-14-24-16(2)17-10-6-5-7-11-17/h5-7,10-11,16H,4,8-9,12-15H2,1-3H3,(H2,19,20,21). The van der Waals surface area contributed by atoms with Gasteiger partial charge >= 0.3 is 0 Å². The molecule has 142 valence electrons. The van der Waals surface area contributed by atoms with Crippen LogP contribution in [0.25, 0.3) is 0 Å². The van der Waals surface area contributed by atoms with Gasteiger partial charge in [-0.3, -0.25) is 4.99 Å². The quantitative estimate of drug-likeness (QED) is 0.355. The summed E-state index contributed by atoms with van der Waals surface area (Å²) in [7, 11) is -2.92. The van der Waals surface area contributed by atoms with Gasteiger partial charge in [-0.25, -0.2) is 8.42 Å². The third-order valence-corrected chi connectivity index (χ3v) is 4.57. The van der Waals surface area contributed by atoms with Crippen molar-refractivity contribution in [3.05, 3.63) is 35.9 Å². The van der Waals surface area contributed by atoms with Crippen LogP contribution in [0.3, 0.4) is 0 Å². The summed E-state index contributed by atoms with van der Waals surface area (Å²) < 4.78 is 28.1. The van der Waals surface area contributed by atoms with E-state index in [1.54, 1.807) is 0 Å². The summed E-state index contributed by atoms with van der Waals surface area (Å²) in [6, 6.07) is 10.2. The van der Waals surface area contributed by atoms with Gasteiger partial charge in [-0.15, -0.1) is 0 Å². The summed E-state index contributed by atoms with van der Waals surface area (Å²) in [5, 5.41) is 6.40. The number of guanidine groups is 1. The zero-order valence-electron chi connectivity index (χ0n) is 15.5. The first-order valence-electron chi connectivity index (χ1n) is 8.79. The average Bonchev–Trinajstić information content (AvgIpc) is 2.58. The summed E-state index contributed by atoms with van der Waals surface area (Å²) in [4.78, 5) is 4.39. The van der Waals surface area contributed by atoms with Crippen molar-refractivity contribution < 1.29 is 13.2 Å². The summed E-state index contributed by atoms with van der Waals surface area (Å²) in [5.74, 6) is 0.883. The van der Waals surface area contributed by atoms with Crippen molar-refractivity contribution in [3.63, 3.8) is 0 Å². The molecule has 0 amide bonds. The Kier molecular flexibility index (Phi) is 10.2. The summed E-state index contributed by atoms with van der Waals surface area (Å²) in [6.45, 7) is 6.72. The van der Waals surface area contributed by atoms with Crippen LogP contribution >= 0.6 is 0 Å². The Bertz CT molecular complexity index is 603. The van der Waals surface area contributed by atoms with Crippen molar-refractivity contribution >= 4 is 15.8 Å². The van der Waals surface area contributed by atoms with E-state index in [1.807, 2.05) is 25.1 Å². The monoisotopic (exact) mass is 369 g/mol. The number of nitrogens with zero attached hydrogens (tertiary/aromatic N) is 1. The van der Waals surface area contributed by atoms with Crippen LogP contribution in [0, 0.1) is 0 Å². The third kappa shape index (κ3) is 10.8. The predicted octanol–water partition coefficient (Wildman–Crippen LogP) is 2.14. The van der Waals surface area contributed by atoms with E-state index in [1.165, 1.54) is 11.8 Å². The molecule has 1 rings (SSSR count). The maximum Gasteiger partial charge on any atom is 0.191 e. The fraction of sp³-hybridized carbons (Fsp3) is 0.611. The molecule has 0 aromatic heterocycles. The van der Waals surface area contributed by atoms with Gasteiger partial charge in [0.1, 0.15) is 9.84 Å². The van der Waals surface area contributed by atoms with Gasteiger partial charge in [-0.05, 0) is 32.3 Å². The Morgan fingerprint density at radius 1 is 1.20 bits per heavy atom. The average molecular weight is 370 g/mol. The maximum absolute atomic E-state index is 11.1.